The minimum absolute atomic E-state index is 0.0469. The zero-order valence-electron chi connectivity index (χ0n) is 16.5. The van der Waals surface area contributed by atoms with Crippen molar-refractivity contribution in [2.45, 2.75) is 53.4 Å². The minimum atomic E-state index is -0.976. The van der Waals surface area contributed by atoms with E-state index in [0.29, 0.717) is 24.9 Å². The molecule has 3 saturated carbocycles. The van der Waals surface area contributed by atoms with Gasteiger partial charge in [0.1, 0.15) is 11.7 Å². The van der Waals surface area contributed by atoms with E-state index in [1.165, 1.54) is 0 Å². The molecular weight excluding hydrogens is 328 g/mol. The summed E-state index contributed by atoms with van der Waals surface area (Å²) in [6, 6.07) is 0. The molecule has 0 saturated heterocycles. The zero-order chi connectivity index (χ0) is 18.9. The van der Waals surface area contributed by atoms with E-state index < -0.39 is 16.2 Å². The smallest absolute Gasteiger partial charge is 0.317 e. The highest BCUT2D eigenvalue weighted by molar-refractivity contribution is 5.91. The first-order valence-corrected chi connectivity index (χ1v) is 10.3. The highest BCUT2D eigenvalue weighted by atomic mass is 16.5. The first-order chi connectivity index (χ1) is 12.4. The van der Waals surface area contributed by atoms with Crippen LogP contribution in [0.5, 0.6) is 0 Å². The molecule has 4 rings (SSSR count). The van der Waals surface area contributed by atoms with Crippen molar-refractivity contribution in [2.24, 2.45) is 45.8 Å². The normalized spacial score (nSPS) is 48.5. The topological polar surface area (TPSA) is 63.6 Å². The fourth-order valence-electron chi connectivity index (χ4n) is 7.88. The zero-order valence-corrected chi connectivity index (χ0v) is 16.5. The molecule has 0 radical (unpaired) electrons. The van der Waals surface area contributed by atoms with E-state index >= 15 is 0 Å². The van der Waals surface area contributed by atoms with Crippen molar-refractivity contribution in [3.05, 3.63) is 11.6 Å². The number of aliphatic hydroxyl groups excluding tert-OH is 1. The highest BCUT2D eigenvalue weighted by Gasteiger charge is 2.84. The second-order valence-corrected chi connectivity index (χ2v) is 9.56. The van der Waals surface area contributed by atoms with Crippen molar-refractivity contribution in [3.8, 4) is 0 Å². The van der Waals surface area contributed by atoms with E-state index in [1.807, 2.05) is 6.92 Å². The van der Waals surface area contributed by atoms with Gasteiger partial charge in [0, 0.05) is 5.41 Å². The molecule has 3 fully saturated rings. The van der Waals surface area contributed by atoms with Crippen LogP contribution in [0.2, 0.25) is 0 Å². The summed E-state index contributed by atoms with van der Waals surface area (Å²) in [5.41, 5.74) is -1.21. The van der Waals surface area contributed by atoms with Gasteiger partial charge in [-0.05, 0) is 55.8 Å². The van der Waals surface area contributed by atoms with Crippen molar-refractivity contribution in [1.82, 2.24) is 0 Å². The largest absolute Gasteiger partial charge is 0.465 e. The number of allylic oxidation sites excluding steroid dienone is 1. The summed E-state index contributed by atoms with van der Waals surface area (Å²) in [4.78, 5) is 26.4. The van der Waals surface area contributed by atoms with E-state index in [2.05, 4.69) is 26.8 Å². The number of ether oxygens (including phenoxy) is 1. The van der Waals surface area contributed by atoms with Crippen LogP contribution in [0.3, 0.4) is 0 Å². The number of hydrogen-bond donors (Lipinski definition) is 1. The lowest BCUT2D eigenvalue weighted by Gasteiger charge is -2.58. The first-order valence-electron chi connectivity index (χ1n) is 10.3. The second-order valence-electron chi connectivity index (χ2n) is 9.56. The molecule has 4 nitrogen and oxygen atoms in total. The number of carbonyl (C=O) groups is 2. The average Bonchev–Trinajstić information content (AvgIpc) is 3.18. The fourth-order valence-corrected chi connectivity index (χ4v) is 7.88. The molecule has 0 heterocycles. The van der Waals surface area contributed by atoms with E-state index in [9.17, 15) is 14.7 Å². The summed E-state index contributed by atoms with van der Waals surface area (Å²) < 4.78 is 5.64. The molecule has 0 amide bonds. The van der Waals surface area contributed by atoms with Crippen LogP contribution in [0.4, 0.5) is 0 Å². The van der Waals surface area contributed by atoms with Gasteiger partial charge in [-0.15, -0.1) is 0 Å². The fraction of sp³-hybridized carbons (Fsp3) is 0.818. The Labute approximate surface area is 156 Å². The number of hydrogen-bond acceptors (Lipinski definition) is 4. The van der Waals surface area contributed by atoms with Crippen molar-refractivity contribution in [3.63, 3.8) is 0 Å². The standard InChI is InChI=1S/C22H32O4/c1-5-26-19(25)22-18(13(2)3)8-15-9-21(22,12-24)17-7-6-14(4)16(17)10-20(15,22)11-23/h8,12-17,23H,5-7,9-11H2,1-4H3/t14-,15-,16-,17-,20+,21+,22-/m1/s1. The monoisotopic (exact) mass is 360 g/mol. The maximum Gasteiger partial charge on any atom is 0.317 e. The molecule has 7 atom stereocenters. The Hall–Kier alpha value is -1.16. The number of fused-ring (bicyclic) bond motifs is 2. The van der Waals surface area contributed by atoms with Crippen LogP contribution in [0, 0.1) is 45.8 Å². The molecule has 144 valence electrons. The molecular formula is C22H32O4. The molecule has 4 bridgehead atoms. The van der Waals surface area contributed by atoms with Crippen LogP contribution in [-0.4, -0.2) is 30.6 Å². The SMILES string of the molecule is CCOC(=O)[C@@]12C(C(C)C)=C[C@@H]3C[C@]1(C=O)[C@@H]1CC[C@@H](C)[C@H]1C[C@]32CO. The molecule has 4 aliphatic carbocycles. The lowest BCUT2D eigenvalue weighted by atomic mass is 9.43. The van der Waals surface area contributed by atoms with E-state index in [0.717, 1.165) is 31.1 Å². The number of aldehydes is 1. The maximum atomic E-state index is 13.6. The third-order valence-electron chi connectivity index (χ3n) is 8.66. The van der Waals surface area contributed by atoms with Gasteiger partial charge in [0.2, 0.25) is 0 Å². The van der Waals surface area contributed by atoms with Gasteiger partial charge in [-0.25, -0.2) is 0 Å². The van der Waals surface area contributed by atoms with Gasteiger partial charge in [0.15, 0.2) is 0 Å². The third kappa shape index (κ3) is 1.67. The van der Waals surface area contributed by atoms with Gasteiger partial charge in [-0.2, -0.15) is 0 Å². The summed E-state index contributed by atoms with van der Waals surface area (Å²) in [7, 11) is 0. The molecule has 0 aromatic rings. The average molecular weight is 360 g/mol. The number of rotatable bonds is 5. The minimum Gasteiger partial charge on any atom is -0.465 e. The van der Waals surface area contributed by atoms with E-state index in [-0.39, 0.29) is 30.3 Å². The summed E-state index contributed by atoms with van der Waals surface area (Å²) in [6.07, 6.45) is 6.98. The molecule has 0 aliphatic heterocycles. The Kier molecular flexibility index (Phi) is 3.97. The number of aliphatic hydroxyl groups is 1. The quantitative estimate of drug-likeness (QED) is 0.464. The number of esters is 1. The van der Waals surface area contributed by atoms with Gasteiger partial charge in [0.25, 0.3) is 0 Å². The van der Waals surface area contributed by atoms with Crippen LogP contribution < -0.4 is 0 Å². The molecule has 4 heteroatoms. The van der Waals surface area contributed by atoms with Crippen LogP contribution in [-0.2, 0) is 14.3 Å². The Morgan fingerprint density at radius 3 is 2.69 bits per heavy atom. The van der Waals surface area contributed by atoms with Crippen LogP contribution >= 0.6 is 0 Å². The van der Waals surface area contributed by atoms with E-state index in [4.69, 9.17) is 4.74 Å². The Balaban J connectivity index is 2.01. The molecule has 0 unspecified atom stereocenters. The molecule has 4 aliphatic rings. The Morgan fingerprint density at radius 2 is 2.12 bits per heavy atom. The molecule has 26 heavy (non-hydrogen) atoms. The highest BCUT2D eigenvalue weighted by Crippen LogP contribution is 2.82. The predicted molar refractivity (Wildman–Crippen MR) is 98.1 cm³/mol. The first kappa shape index (κ1) is 18.2. The van der Waals surface area contributed by atoms with Gasteiger partial charge >= 0.3 is 5.97 Å². The molecule has 0 aromatic heterocycles. The predicted octanol–water partition coefficient (Wildman–Crippen LogP) is 3.38. The summed E-state index contributed by atoms with van der Waals surface area (Å²) in [6.45, 7) is 8.55. The molecule has 1 N–H and O–H groups in total. The second kappa shape index (κ2) is 5.67. The summed E-state index contributed by atoms with van der Waals surface area (Å²) in [5, 5.41) is 10.7. The van der Waals surface area contributed by atoms with Crippen molar-refractivity contribution in [1.29, 1.82) is 0 Å². The van der Waals surface area contributed by atoms with Crippen molar-refractivity contribution >= 4 is 12.3 Å². The van der Waals surface area contributed by atoms with Gasteiger partial charge in [-0.1, -0.05) is 38.8 Å². The molecule has 0 spiro atoms. The summed E-state index contributed by atoms with van der Waals surface area (Å²) in [5.74, 6) is 1.18. The van der Waals surface area contributed by atoms with E-state index in [1.54, 1.807) is 0 Å². The van der Waals surface area contributed by atoms with Gasteiger partial charge in [-0.3, -0.25) is 4.79 Å². The van der Waals surface area contributed by atoms with Crippen molar-refractivity contribution < 1.29 is 19.4 Å². The number of carbonyl (C=O) groups excluding carboxylic acids is 2. The van der Waals surface area contributed by atoms with Crippen LogP contribution in [0.15, 0.2) is 11.6 Å². The lowest BCUT2D eigenvalue weighted by Crippen LogP contribution is -2.63. The van der Waals surface area contributed by atoms with Gasteiger partial charge < -0.3 is 14.6 Å². The third-order valence-corrected chi connectivity index (χ3v) is 8.66. The lowest BCUT2D eigenvalue weighted by molar-refractivity contribution is -0.189. The Morgan fingerprint density at radius 1 is 1.38 bits per heavy atom. The van der Waals surface area contributed by atoms with Crippen molar-refractivity contribution in [2.75, 3.05) is 13.2 Å². The maximum absolute atomic E-state index is 13.6. The molecule has 0 aromatic carbocycles. The van der Waals surface area contributed by atoms with Crippen LogP contribution in [0.1, 0.15) is 53.4 Å². The Bertz CT molecular complexity index is 667. The van der Waals surface area contributed by atoms with Crippen LogP contribution in [0.25, 0.3) is 0 Å². The summed E-state index contributed by atoms with van der Waals surface area (Å²) >= 11 is 0. The van der Waals surface area contributed by atoms with Gasteiger partial charge in [0.05, 0.1) is 18.6 Å².